The van der Waals surface area contributed by atoms with Crippen LogP contribution in [-0.4, -0.2) is 19.0 Å². The molecule has 1 unspecified atom stereocenters. The second kappa shape index (κ2) is 10.8. The normalized spacial score (nSPS) is 24.9. The van der Waals surface area contributed by atoms with Gasteiger partial charge in [-0.25, -0.2) is 0 Å². The summed E-state index contributed by atoms with van der Waals surface area (Å²) >= 11 is 0. The number of nitrogens with zero attached hydrogens (tertiary/aromatic N) is 1. The Hall–Kier alpha value is -2.83. The molecule has 0 radical (unpaired) electrons. The zero-order chi connectivity index (χ0) is 25.0. The van der Waals surface area contributed by atoms with Crippen molar-refractivity contribution >= 4 is 11.9 Å². The molecule has 2 fully saturated rings. The molecule has 0 aromatic heterocycles. The van der Waals surface area contributed by atoms with Gasteiger partial charge in [0.15, 0.2) is 0 Å². The molecule has 184 valence electrons. The van der Waals surface area contributed by atoms with Crippen molar-refractivity contribution in [2.75, 3.05) is 7.11 Å². The second-order valence-electron chi connectivity index (χ2n) is 9.75. The summed E-state index contributed by atoms with van der Waals surface area (Å²) in [5.74, 6) is 8.47. The minimum Gasteiger partial charge on any atom is -0.383 e. The van der Waals surface area contributed by atoms with E-state index >= 15 is 0 Å². The summed E-state index contributed by atoms with van der Waals surface area (Å²) in [5.41, 5.74) is 13.2. The lowest BCUT2D eigenvalue weighted by molar-refractivity contribution is 0.0461. The van der Waals surface area contributed by atoms with Crippen LogP contribution in [0, 0.1) is 23.7 Å². The van der Waals surface area contributed by atoms with Crippen LogP contribution in [-0.2, 0) is 16.7 Å². The zero-order valence-corrected chi connectivity index (χ0v) is 21.9. The van der Waals surface area contributed by atoms with E-state index in [0.717, 1.165) is 48.8 Å². The van der Waals surface area contributed by atoms with Gasteiger partial charge in [0, 0.05) is 24.2 Å². The number of hydrogen-bond donors (Lipinski definition) is 1. The topological polar surface area (TPSA) is 47.6 Å². The first kappa shape index (κ1) is 25.3. The van der Waals surface area contributed by atoms with Crippen LogP contribution in [0.15, 0.2) is 48.0 Å². The van der Waals surface area contributed by atoms with Crippen molar-refractivity contribution < 1.29 is 4.74 Å². The molecule has 0 spiro atoms. The van der Waals surface area contributed by atoms with Crippen molar-refractivity contribution in [3.8, 4) is 11.8 Å². The van der Waals surface area contributed by atoms with E-state index in [9.17, 15) is 0 Å². The van der Waals surface area contributed by atoms with E-state index in [-0.39, 0.29) is 0 Å². The molecule has 1 heterocycles. The Bertz CT molecular complexity index is 1160. The number of hydrogen-bond acceptors (Lipinski definition) is 3. The van der Waals surface area contributed by atoms with Crippen molar-refractivity contribution in [3.63, 3.8) is 0 Å². The van der Waals surface area contributed by atoms with Crippen molar-refractivity contribution in [2.24, 2.45) is 22.6 Å². The molecule has 0 bridgehead atoms. The summed E-state index contributed by atoms with van der Waals surface area (Å²) in [7, 11) is 1.83. The first-order valence-corrected chi connectivity index (χ1v) is 13.4. The molecular weight excluding hydrogens is 428 g/mol. The van der Waals surface area contributed by atoms with Gasteiger partial charge in [0.2, 0.25) is 0 Å². The Morgan fingerprint density at radius 2 is 1.80 bits per heavy atom. The summed E-state index contributed by atoms with van der Waals surface area (Å²) in [6.07, 6.45) is 9.90. The summed E-state index contributed by atoms with van der Waals surface area (Å²) in [5, 5.41) is 0. The van der Waals surface area contributed by atoms with Crippen LogP contribution >= 0.6 is 0 Å². The van der Waals surface area contributed by atoms with Crippen LogP contribution in [0.4, 0.5) is 0 Å². The van der Waals surface area contributed by atoms with Gasteiger partial charge < -0.3 is 10.5 Å². The van der Waals surface area contributed by atoms with Crippen LogP contribution in [0.5, 0.6) is 0 Å². The molecule has 1 aliphatic heterocycles. The summed E-state index contributed by atoms with van der Waals surface area (Å²) in [6, 6.07) is 13.2. The molecule has 2 N–H and O–H groups in total. The van der Waals surface area contributed by atoms with Gasteiger partial charge in [0.05, 0.1) is 6.10 Å². The van der Waals surface area contributed by atoms with Crippen LogP contribution in [0.25, 0.3) is 6.08 Å². The number of rotatable bonds is 5. The predicted molar refractivity (Wildman–Crippen MR) is 148 cm³/mol. The molecule has 2 saturated carbocycles. The summed E-state index contributed by atoms with van der Waals surface area (Å²) in [4.78, 5) is 5.34. The number of benzene rings is 2. The first-order chi connectivity index (χ1) is 17.1. The number of methoxy groups -OCH3 is 1. The van der Waals surface area contributed by atoms with E-state index < -0.39 is 5.54 Å². The van der Waals surface area contributed by atoms with Gasteiger partial charge >= 0.3 is 0 Å². The zero-order valence-electron chi connectivity index (χ0n) is 21.9. The number of fused-ring (bicyclic) bond motifs is 1. The Morgan fingerprint density at radius 3 is 2.43 bits per heavy atom. The maximum absolute atomic E-state index is 6.62. The number of ether oxygens (including phenoxy) is 1. The van der Waals surface area contributed by atoms with Crippen molar-refractivity contribution in [1.82, 2.24) is 0 Å². The highest BCUT2D eigenvalue weighted by Crippen LogP contribution is 2.52. The average molecular weight is 469 g/mol. The third-order valence-corrected chi connectivity index (χ3v) is 7.76. The molecule has 5 rings (SSSR count). The summed E-state index contributed by atoms with van der Waals surface area (Å²) < 4.78 is 5.70. The SMILES string of the molecule is C=Cc1ccc2c(c1)C(c1cc(C#CC3CC3)ccc1CC)(C1CCC(OC)CC1)N=C2N.CC. The summed E-state index contributed by atoms with van der Waals surface area (Å²) in [6.45, 7) is 10.2. The maximum Gasteiger partial charge on any atom is 0.127 e. The molecule has 2 aromatic carbocycles. The molecule has 2 aliphatic carbocycles. The highest BCUT2D eigenvalue weighted by Gasteiger charge is 2.49. The Balaban J connectivity index is 0.00000141. The van der Waals surface area contributed by atoms with E-state index in [1.54, 1.807) is 0 Å². The van der Waals surface area contributed by atoms with E-state index in [4.69, 9.17) is 15.5 Å². The fourth-order valence-corrected chi connectivity index (χ4v) is 5.72. The van der Waals surface area contributed by atoms with Crippen molar-refractivity contribution in [3.05, 3.63) is 76.4 Å². The van der Waals surface area contributed by atoms with Gasteiger partial charge in [0.1, 0.15) is 11.4 Å². The smallest absolute Gasteiger partial charge is 0.127 e. The Morgan fingerprint density at radius 1 is 1.06 bits per heavy atom. The fourth-order valence-electron chi connectivity index (χ4n) is 5.72. The van der Waals surface area contributed by atoms with Crippen LogP contribution in [0.2, 0.25) is 0 Å². The van der Waals surface area contributed by atoms with Crippen LogP contribution in [0.1, 0.15) is 92.7 Å². The van der Waals surface area contributed by atoms with Crippen LogP contribution in [0.3, 0.4) is 0 Å². The van der Waals surface area contributed by atoms with Gasteiger partial charge in [-0.2, -0.15) is 0 Å². The molecule has 0 amide bonds. The van der Waals surface area contributed by atoms with E-state index in [1.165, 1.54) is 29.5 Å². The largest absolute Gasteiger partial charge is 0.383 e. The third kappa shape index (κ3) is 4.82. The van der Waals surface area contributed by atoms with E-state index in [2.05, 4.69) is 61.7 Å². The highest BCUT2D eigenvalue weighted by atomic mass is 16.5. The molecule has 3 heteroatoms. The molecule has 3 nitrogen and oxygen atoms in total. The fraction of sp³-hybridized carbons (Fsp3) is 0.469. The van der Waals surface area contributed by atoms with Gasteiger partial charge in [-0.1, -0.05) is 63.5 Å². The predicted octanol–water partition coefficient (Wildman–Crippen LogP) is 6.85. The molecule has 1 atom stereocenters. The molecule has 2 aromatic rings. The minimum atomic E-state index is -0.486. The first-order valence-electron chi connectivity index (χ1n) is 13.4. The number of aryl methyl sites for hydroxylation is 1. The highest BCUT2D eigenvalue weighted by molar-refractivity contribution is 6.03. The second-order valence-corrected chi connectivity index (χ2v) is 9.75. The monoisotopic (exact) mass is 468 g/mol. The Labute approximate surface area is 211 Å². The van der Waals surface area contributed by atoms with E-state index in [1.807, 2.05) is 27.0 Å². The lowest BCUT2D eigenvalue weighted by Gasteiger charge is -2.41. The molecule has 35 heavy (non-hydrogen) atoms. The molecule has 0 saturated heterocycles. The molecule has 3 aliphatic rings. The average Bonchev–Trinajstić information content (AvgIpc) is 3.71. The standard InChI is InChI=1S/C30H34N2O.C2H6/c1-4-20-11-17-26-28(18-20)30(32-29(26)31,24-13-15-25(33-3)16-14-24)27-19-22(9-8-21-6-7-21)10-12-23(27)5-2;1-2/h4,10-12,17-19,21,24-25H,1,5-7,13-16H2,2-3H3,(H2,31,32);1-2H3. The maximum atomic E-state index is 6.62. The lowest BCUT2D eigenvalue weighted by atomic mass is 9.66. The van der Waals surface area contributed by atoms with Crippen LogP contribution < -0.4 is 5.73 Å². The number of nitrogens with two attached hydrogens (primary N) is 1. The van der Waals surface area contributed by atoms with Gasteiger partial charge in [0.25, 0.3) is 0 Å². The van der Waals surface area contributed by atoms with Crippen molar-refractivity contribution in [2.45, 2.75) is 77.4 Å². The van der Waals surface area contributed by atoms with Gasteiger partial charge in [-0.15, -0.1) is 0 Å². The Kier molecular flexibility index (Phi) is 7.82. The van der Waals surface area contributed by atoms with Crippen molar-refractivity contribution in [1.29, 1.82) is 0 Å². The van der Waals surface area contributed by atoms with Gasteiger partial charge in [-0.05, 0) is 91.3 Å². The minimum absolute atomic E-state index is 0.335. The number of amidine groups is 1. The van der Waals surface area contributed by atoms with E-state index in [0.29, 0.717) is 23.8 Å². The lowest BCUT2D eigenvalue weighted by Crippen LogP contribution is -2.38. The van der Waals surface area contributed by atoms with Gasteiger partial charge in [-0.3, -0.25) is 4.99 Å². The third-order valence-electron chi connectivity index (χ3n) is 7.76. The molecular formula is C32H40N2O. The number of aliphatic imine (C=N–C) groups is 1. The quantitative estimate of drug-likeness (QED) is 0.488.